The van der Waals surface area contributed by atoms with E-state index in [9.17, 15) is 0 Å². The monoisotopic (exact) mass is 191 g/mol. The molecule has 2 aromatic rings. The summed E-state index contributed by atoms with van der Waals surface area (Å²) in [5.41, 5.74) is 0. The molecule has 0 aromatic heterocycles. The van der Waals surface area contributed by atoms with Crippen molar-refractivity contribution < 1.29 is 4.74 Å². The molecule has 0 bridgehead atoms. The number of rotatable bonds is 1. The topological polar surface area (TPSA) is 9.23 Å². The summed E-state index contributed by atoms with van der Waals surface area (Å²) in [6.45, 7) is 0. The predicted molar refractivity (Wildman–Crippen MR) is 54.3 cm³/mol. The minimum atomic E-state index is 0.713. The molecule has 0 amide bonds. The van der Waals surface area contributed by atoms with Crippen LogP contribution in [-0.2, 0) is 0 Å². The smallest absolute Gasteiger partial charge is 0.134 e. The van der Waals surface area contributed by atoms with Gasteiger partial charge in [0, 0.05) is 16.5 Å². The molecule has 0 heterocycles. The number of fused-ring (bicyclic) bond motifs is 1. The van der Waals surface area contributed by atoms with E-state index in [-0.39, 0.29) is 0 Å². The largest absolute Gasteiger partial charge is 0.495 e. The SMILES string of the molecule is COc1[c]ccc2ccc(Cl)cc12. The predicted octanol–water partition coefficient (Wildman–Crippen LogP) is 3.30. The van der Waals surface area contributed by atoms with Crippen molar-refractivity contribution in [1.29, 1.82) is 0 Å². The highest BCUT2D eigenvalue weighted by atomic mass is 35.5. The lowest BCUT2D eigenvalue weighted by Gasteiger charge is -2.04. The maximum Gasteiger partial charge on any atom is 0.134 e. The second-order valence-electron chi connectivity index (χ2n) is 2.74. The van der Waals surface area contributed by atoms with Crippen LogP contribution in [0.4, 0.5) is 0 Å². The van der Waals surface area contributed by atoms with Gasteiger partial charge in [0.2, 0.25) is 0 Å². The third-order valence-electron chi connectivity index (χ3n) is 1.94. The number of hydrogen-bond acceptors (Lipinski definition) is 1. The van der Waals surface area contributed by atoms with Crippen molar-refractivity contribution in [3.05, 3.63) is 41.4 Å². The minimum Gasteiger partial charge on any atom is -0.495 e. The zero-order chi connectivity index (χ0) is 9.26. The van der Waals surface area contributed by atoms with Crippen LogP contribution >= 0.6 is 11.6 Å². The number of ether oxygens (including phenoxy) is 1. The molecule has 0 N–H and O–H groups in total. The van der Waals surface area contributed by atoms with Crippen LogP contribution in [0, 0.1) is 6.07 Å². The first kappa shape index (κ1) is 8.39. The first-order valence-corrected chi connectivity index (χ1v) is 4.33. The average Bonchev–Trinajstić information content (AvgIpc) is 2.17. The maximum atomic E-state index is 5.88. The average molecular weight is 192 g/mol. The molecule has 1 nitrogen and oxygen atoms in total. The highest BCUT2D eigenvalue weighted by molar-refractivity contribution is 6.31. The fourth-order valence-corrected chi connectivity index (χ4v) is 1.50. The van der Waals surface area contributed by atoms with Crippen LogP contribution in [0.5, 0.6) is 5.75 Å². The molecule has 0 aliphatic carbocycles. The molecule has 0 aliphatic heterocycles. The lowest BCUT2D eigenvalue weighted by atomic mass is 10.1. The first-order valence-electron chi connectivity index (χ1n) is 3.95. The number of methoxy groups -OCH3 is 1. The van der Waals surface area contributed by atoms with Gasteiger partial charge in [-0.1, -0.05) is 23.7 Å². The number of benzene rings is 2. The molecule has 2 heteroatoms. The van der Waals surface area contributed by atoms with Gasteiger partial charge >= 0.3 is 0 Å². The molecule has 0 aliphatic rings. The van der Waals surface area contributed by atoms with Gasteiger partial charge in [-0.05, 0) is 23.6 Å². The summed E-state index contributed by atoms with van der Waals surface area (Å²) >= 11 is 5.88. The Morgan fingerprint density at radius 1 is 1.31 bits per heavy atom. The molecular formula is C11H8ClO. The standard InChI is InChI=1S/C11H8ClO/c1-13-11-4-2-3-8-5-6-9(12)7-10(8)11/h2-3,5-7H,1H3. The van der Waals surface area contributed by atoms with Crippen molar-refractivity contribution in [3.63, 3.8) is 0 Å². The third kappa shape index (κ3) is 1.47. The molecule has 0 unspecified atom stereocenters. The first-order chi connectivity index (χ1) is 6.31. The van der Waals surface area contributed by atoms with Gasteiger partial charge in [0.1, 0.15) is 5.75 Å². The van der Waals surface area contributed by atoms with E-state index in [4.69, 9.17) is 16.3 Å². The van der Waals surface area contributed by atoms with E-state index >= 15 is 0 Å². The number of hydrogen-bond donors (Lipinski definition) is 0. The molecule has 0 atom stereocenters. The van der Waals surface area contributed by atoms with Gasteiger partial charge in [0.15, 0.2) is 0 Å². The van der Waals surface area contributed by atoms with Crippen molar-refractivity contribution >= 4 is 22.4 Å². The molecule has 2 rings (SSSR count). The molecule has 65 valence electrons. The Hall–Kier alpha value is -1.21. The Morgan fingerprint density at radius 3 is 2.92 bits per heavy atom. The Labute approximate surface area is 81.9 Å². The Balaban J connectivity index is 2.79. The van der Waals surface area contributed by atoms with Gasteiger partial charge in [-0.15, -0.1) is 0 Å². The zero-order valence-electron chi connectivity index (χ0n) is 7.17. The molecular weight excluding hydrogens is 184 g/mol. The summed E-state index contributed by atoms with van der Waals surface area (Å²) in [5.74, 6) is 0.736. The van der Waals surface area contributed by atoms with E-state index in [1.807, 2.05) is 30.3 Å². The summed E-state index contributed by atoms with van der Waals surface area (Å²) in [5, 5.41) is 2.82. The van der Waals surface area contributed by atoms with Crippen LogP contribution in [-0.4, -0.2) is 7.11 Å². The lowest BCUT2D eigenvalue weighted by molar-refractivity contribution is 0.419. The lowest BCUT2D eigenvalue weighted by Crippen LogP contribution is -1.84. The Kier molecular flexibility index (Phi) is 2.11. The van der Waals surface area contributed by atoms with Crippen molar-refractivity contribution in [2.75, 3.05) is 7.11 Å². The van der Waals surface area contributed by atoms with E-state index in [0.29, 0.717) is 5.02 Å². The molecule has 2 aromatic carbocycles. The van der Waals surface area contributed by atoms with Crippen LogP contribution in [0.25, 0.3) is 10.8 Å². The molecule has 0 fully saturated rings. The fourth-order valence-electron chi connectivity index (χ4n) is 1.32. The van der Waals surface area contributed by atoms with Crippen LogP contribution in [0.3, 0.4) is 0 Å². The van der Waals surface area contributed by atoms with Crippen LogP contribution < -0.4 is 4.74 Å². The summed E-state index contributed by atoms with van der Waals surface area (Å²) in [6.07, 6.45) is 0. The molecule has 13 heavy (non-hydrogen) atoms. The molecule has 0 spiro atoms. The van der Waals surface area contributed by atoms with Gasteiger partial charge in [-0.2, -0.15) is 0 Å². The minimum absolute atomic E-state index is 0.713. The van der Waals surface area contributed by atoms with Crippen LogP contribution in [0.2, 0.25) is 5.02 Å². The van der Waals surface area contributed by atoms with Gasteiger partial charge in [0.25, 0.3) is 0 Å². The quantitative estimate of drug-likeness (QED) is 0.672. The summed E-state index contributed by atoms with van der Waals surface area (Å²) in [4.78, 5) is 0. The van der Waals surface area contributed by atoms with E-state index in [1.165, 1.54) is 0 Å². The second kappa shape index (κ2) is 3.27. The zero-order valence-corrected chi connectivity index (χ0v) is 7.93. The summed E-state index contributed by atoms with van der Waals surface area (Å²) in [6, 6.07) is 12.5. The van der Waals surface area contributed by atoms with Crippen molar-refractivity contribution in [2.24, 2.45) is 0 Å². The summed E-state index contributed by atoms with van der Waals surface area (Å²) < 4.78 is 5.17. The van der Waals surface area contributed by atoms with E-state index in [2.05, 4.69) is 6.07 Å². The number of halogens is 1. The highest BCUT2D eigenvalue weighted by Gasteiger charge is 2.00. The van der Waals surface area contributed by atoms with Gasteiger partial charge in [-0.3, -0.25) is 0 Å². The van der Waals surface area contributed by atoms with Crippen molar-refractivity contribution in [3.8, 4) is 5.75 Å². The van der Waals surface area contributed by atoms with Gasteiger partial charge in [0.05, 0.1) is 7.11 Å². The van der Waals surface area contributed by atoms with Gasteiger partial charge in [-0.25, -0.2) is 0 Å². The second-order valence-corrected chi connectivity index (χ2v) is 3.18. The fraction of sp³-hybridized carbons (Fsp3) is 0.0909. The maximum absolute atomic E-state index is 5.88. The molecule has 1 radical (unpaired) electrons. The molecule has 0 saturated heterocycles. The van der Waals surface area contributed by atoms with Crippen LogP contribution in [0.15, 0.2) is 30.3 Å². The van der Waals surface area contributed by atoms with E-state index in [1.54, 1.807) is 7.11 Å². The Morgan fingerprint density at radius 2 is 2.15 bits per heavy atom. The van der Waals surface area contributed by atoms with E-state index in [0.717, 1.165) is 16.5 Å². The third-order valence-corrected chi connectivity index (χ3v) is 2.18. The summed E-state index contributed by atoms with van der Waals surface area (Å²) in [7, 11) is 1.63. The van der Waals surface area contributed by atoms with Crippen molar-refractivity contribution in [2.45, 2.75) is 0 Å². The van der Waals surface area contributed by atoms with Crippen LogP contribution in [0.1, 0.15) is 0 Å². The molecule has 0 saturated carbocycles. The van der Waals surface area contributed by atoms with Crippen molar-refractivity contribution in [1.82, 2.24) is 0 Å². The Bertz CT molecular complexity index is 437. The normalized spacial score (nSPS) is 10.3. The van der Waals surface area contributed by atoms with E-state index < -0.39 is 0 Å². The highest BCUT2D eigenvalue weighted by Crippen LogP contribution is 2.27. The van der Waals surface area contributed by atoms with Gasteiger partial charge < -0.3 is 4.74 Å².